The molecule has 2 aromatic carbocycles. The first-order valence-electron chi connectivity index (χ1n) is 10.6. The fraction of sp³-hybridized carbons (Fsp3) is 0.320. The zero-order chi connectivity index (χ0) is 23.9. The highest BCUT2D eigenvalue weighted by Gasteiger charge is 2.46. The molecule has 0 fully saturated rings. The highest BCUT2D eigenvalue weighted by molar-refractivity contribution is 8.09. The lowest BCUT2D eigenvalue weighted by molar-refractivity contribution is -0.812. The number of methoxy groups -OCH3 is 2. The average Bonchev–Trinajstić information content (AvgIpc) is 2.85. The molecular weight excluding hydrogens is 438 g/mol. The minimum atomic E-state index is -0.654. The van der Waals surface area contributed by atoms with Crippen LogP contribution in [-0.2, 0) is 22.3 Å². The highest BCUT2D eigenvalue weighted by atomic mass is 32.2. The molecule has 2 aromatic rings. The number of amides is 2. The Labute approximate surface area is 199 Å². The van der Waals surface area contributed by atoms with E-state index in [-0.39, 0.29) is 5.41 Å². The maximum absolute atomic E-state index is 12.6. The molecule has 1 aliphatic heterocycles. The summed E-state index contributed by atoms with van der Waals surface area (Å²) in [5, 5.41) is 1.80. The van der Waals surface area contributed by atoms with Crippen molar-refractivity contribution in [3.63, 3.8) is 0 Å². The van der Waals surface area contributed by atoms with Gasteiger partial charge in [-0.05, 0) is 30.0 Å². The lowest BCUT2D eigenvalue weighted by Gasteiger charge is -2.35. The third-order valence-electron chi connectivity index (χ3n) is 5.72. The molecule has 1 unspecified atom stereocenters. The molecule has 1 heterocycles. The number of nitrogens with zero attached hydrogens (tertiary/aromatic N) is 3. The van der Waals surface area contributed by atoms with E-state index in [0.717, 1.165) is 24.8 Å². The van der Waals surface area contributed by atoms with Gasteiger partial charge in [-0.2, -0.15) is 4.79 Å². The molecule has 0 saturated carbocycles. The molecule has 0 aliphatic carbocycles. The van der Waals surface area contributed by atoms with Gasteiger partial charge in [0.25, 0.3) is 0 Å². The van der Waals surface area contributed by atoms with Crippen LogP contribution >= 0.6 is 11.9 Å². The van der Waals surface area contributed by atoms with Crippen LogP contribution in [0.25, 0.3) is 0 Å². The molecule has 174 valence electrons. The Morgan fingerprint density at radius 2 is 1.55 bits per heavy atom. The molecule has 8 heteroatoms. The Morgan fingerprint density at radius 1 is 1.00 bits per heavy atom. The number of carbonyl (C=O) groups is 2. The molecule has 0 bridgehead atoms. The SMILES string of the molecule is COC(=O)N(C)[N+](C)(SC1=NCC(Cc2ccccc2)(Cc2ccccc2)C=C1)C(=O)OC. The monoisotopic (exact) mass is 468 g/mol. The standard InChI is InChI=1S/C25H30N3O4S/c1-27(23(29)31-3)28(2,24(30)32-4)33-22-15-16-25(19-26-22,17-20-11-7-5-8-12-20)18-21-13-9-6-10-14-21/h5-16H,17-19H2,1-4H3/q+1. The minimum Gasteiger partial charge on any atom is -0.450 e. The predicted octanol–water partition coefficient (Wildman–Crippen LogP) is 4.90. The number of hydrogen-bond donors (Lipinski definition) is 0. The fourth-order valence-corrected chi connectivity index (χ4v) is 4.76. The Morgan fingerprint density at radius 3 is 1.97 bits per heavy atom. The second-order valence-corrected chi connectivity index (χ2v) is 9.42. The quantitative estimate of drug-likeness (QED) is 0.363. The second-order valence-electron chi connectivity index (χ2n) is 8.11. The van der Waals surface area contributed by atoms with Crippen molar-refractivity contribution >= 4 is 29.2 Å². The van der Waals surface area contributed by atoms with Crippen LogP contribution in [0.5, 0.6) is 0 Å². The summed E-state index contributed by atoms with van der Waals surface area (Å²) in [5.41, 5.74) is 2.28. The van der Waals surface area contributed by atoms with Gasteiger partial charge in [0, 0.05) is 5.41 Å². The number of carbonyl (C=O) groups excluding carboxylic acids is 2. The molecule has 33 heavy (non-hydrogen) atoms. The van der Waals surface area contributed by atoms with Crippen LogP contribution in [0.2, 0.25) is 0 Å². The molecule has 0 N–H and O–H groups in total. The molecule has 1 aliphatic rings. The maximum Gasteiger partial charge on any atom is 0.553 e. The van der Waals surface area contributed by atoms with E-state index in [1.807, 2.05) is 42.5 Å². The van der Waals surface area contributed by atoms with Crippen molar-refractivity contribution in [3.05, 3.63) is 83.9 Å². The lowest BCUT2D eigenvalue weighted by atomic mass is 9.75. The number of rotatable bonds is 4. The maximum atomic E-state index is 12.6. The second kappa shape index (κ2) is 10.7. The molecule has 0 radical (unpaired) electrons. The van der Waals surface area contributed by atoms with E-state index in [1.165, 1.54) is 37.4 Å². The zero-order valence-electron chi connectivity index (χ0n) is 19.4. The van der Waals surface area contributed by atoms with Crippen molar-refractivity contribution < 1.29 is 23.1 Å². The normalized spacial score (nSPS) is 16.3. The predicted molar refractivity (Wildman–Crippen MR) is 131 cm³/mol. The fourth-order valence-electron chi connectivity index (χ4n) is 3.81. The number of ether oxygens (including phenoxy) is 2. The van der Waals surface area contributed by atoms with Crippen molar-refractivity contribution in [2.75, 3.05) is 34.9 Å². The van der Waals surface area contributed by atoms with E-state index in [2.05, 4.69) is 30.3 Å². The van der Waals surface area contributed by atoms with Gasteiger partial charge in [0.05, 0.1) is 27.8 Å². The average molecular weight is 469 g/mol. The van der Waals surface area contributed by atoms with Crippen LogP contribution in [0, 0.1) is 5.41 Å². The summed E-state index contributed by atoms with van der Waals surface area (Å²) in [6.45, 7) is 0.554. The van der Waals surface area contributed by atoms with Crippen molar-refractivity contribution in [2.45, 2.75) is 12.8 Å². The van der Waals surface area contributed by atoms with E-state index in [0.29, 0.717) is 11.6 Å². The van der Waals surface area contributed by atoms with Crippen LogP contribution in [0.1, 0.15) is 11.1 Å². The summed E-state index contributed by atoms with van der Waals surface area (Å²) in [6.07, 6.45) is 4.53. The van der Waals surface area contributed by atoms with Gasteiger partial charge < -0.3 is 9.47 Å². The molecule has 1 atom stereocenters. The molecule has 0 spiro atoms. The van der Waals surface area contributed by atoms with Gasteiger partial charge in [-0.15, -0.1) is 5.01 Å². The minimum absolute atomic E-state index is 0.199. The van der Waals surface area contributed by atoms with Crippen LogP contribution in [0.3, 0.4) is 0 Å². The summed E-state index contributed by atoms with van der Waals surface area (Å²) >= 11 is 1.12. The smallest absolute Gasteiger partial charge is 0.450 e. The summed E-state index contributed by atoms with van der Waals surface area (Å²) in [4.78, 5) is 29.6. The van der Waals surface area contributed by atoms with Gasteiger partial charge in [0.1, 0.15) is 7.05 Å². The topological polar surface area (TPSA) is 68.2 Å². The van der Waals surface area contributed by atoms with Gasteiger partial charge in [-0.25, -0.2) is 4.79 Å². The van der Waals surface area contributed by atoms with E-state index in [4.69, 9.17) is 14.5 Å². The highest BCUT2D eigenvalue weighted by Crippen LogP contribution is 2.36. The summed E-state index contributed by atoms with van der Waals surface area (Å²) in [7, 11) is 5.61. The zero-order valence-corrected chi connectivity index (χ0v) is 20.2. The van der Waals surface area contributed by atoms with Crippen molar-refractivity contribution in [2.24, 2.45) is 10.4 Å². The van der Waals surface area contributed by atoms with Crippen LogP contribution < -0.4 is 0 Å². The van der Waals surface area contributed by atoms with E-state index in [9.17, 15) is 9.59 Å². The van der Waals surface area contributed by atoms with E-state index >= 15 is 0 Å². The van der Waals surface area contributed by atoms with Crippen molar-refractivity contribution in [1.82, 2.24) is 5.01 Å². The third-order valence-corrected chi connectivity index (χ3v) is 6.93. The van der Waals surface area contributed by atoms with Crippen molar-refractivity contribution in [3.8, 4) is 0 Å². The first-order chi connectivity index (χ1) is 15.8. The van der Waals surface area contributed by atoms with E-state index in [1.54, 1.807) is 7.05 Å². The van der Waals surface area contributed by atoms with Gasteiger partial charge in [-0.3, -0.25) is 4.99 Å². The summed E-state index contributed by atoms with van der Waals surface area (Å²) < 4.78 is 9.24. The molecule has 2 amide bonds. The Balaban J connectivity index is 1.86. The first-order valence-corrected chi connectivity index (χ1v) is 11.4. The number of benzene rings is 2. The van der Waals surface area contributed by atoms with Gasteiger partial charge in [-0.1, -0.05) is 70.7 Å². The van der Waals surface area contributed by atoms with E-state index < -0.39 is 16.2 Å². The van der Waals surface area contributed by atoms with Gasteiger partial charge in [0.15, 0.2) is 17.0 Å². The van der Waals surface area contributed by atoms with Crippen LogP contribution in [-0.4, -0.2) is 61.1 Å². The Kier molecular flexibility index (Phi) is 7.94. The summed E-state index contributed by atoms with van der Waals surface area (Å²) in [5.74, 6) is 0. The third kappa shape index (κ3) is 5.83. The first kappa shape index (κ1) is 24.5. The lowest BCUT2D eigenvalue weighted by Crippen LogP contribution is -2.57. The number of hydrogen-bond acceptors (Lipinski definition) is 6. The molecule has 3 rings (SSSR count). The Bertz CT molecular complexity index is 985. The van der Waals surface area contributed by atoms with Crippen molar-refractivity contribution in [1.29, 1.82) is 0 Å². The molecule has 0 saturated heterocycles. The Hall–Kier alpha value is -3.10. The molecular formula is C25H30N3O4S+. The molecule has 7 nitrogen and oxygen atoms in total. The number of dihydropyridines is 1. The summed E-state index contributed by atoms with van der Waals surface area (Å²) in [6, 6.07) is 20.7. The van der Waals surface area contributed by atoms with Gasteiger partial charge >= 0.3 is 12.2 Å². The number of aliphatic imine (C=N–C) groups is 1. The largest absolute Gasteiger partial charge is 0.553 e. The van der Waals surface area contributed by atoms with Crippen LogP contribution in [0.15, 0.2) is 77.8 Å². The molecule has 0 aromatic heterocycles. The van der Waals surface area contributed by atoms with Gasteiger partial charge in [0.2, 0.25) is 0 Å². The number of quaternary nitrogens is 1. The van der Waals surface area contributed by atoms with Crippen LogP contribution in [0.4, 0.5) is 9.59 Å².